The number of hydrogen-bond acceptors (Lipinski definition) is 4. The second kappa shape index (κ2) is 10.1. The molecule has 0 bridgehead atoms. The van der Waals surface area contributed by atoms with Crippen molar-refractivity contribution in [2.45, 2.75) is 38.1 Å². The highest BCUT2D eigenvalue weighted by atomic mass is 32.2. The second-order valence-corrected chi connectivity index (χ2v) is 8.00. The van der Waals surface area contributed by atoms with Gasteiger partial charge in [-0.15, -0.1) is 0 Å². The molecule has 0 spiro atoms. The van der Waals surface area contributed by atoms with Crippen LogP contribution in [0, 0.1) is 5.92 Å². The molecule has 0 aliphatic carbocycles. The van der Waals surface area contributed by atoms with E-state index in [9.17, 15) is 13.2 Å². The molecule has 0 saturated heterocycles. The van der Waals surface area contributed by atoms with Gasteiger partial charge in [0, 0.05) is 12.6 Å². The summed E-state index contributed by atoms with van der Waals surface area (Å²) in [5, 5.41) is 2.88. The minimum Gasteiger partial charge on any atom is -0.468 e. The highest BCUT2D eigenvalue weighted by molar-refractivity contribution is 7.89. The summed E-state index contributed by atoms with van der Waals surface area (Å²) in [5.41, 5.74) is 0.748. The summed E-state index contributed by atoms with van der Waals surface area (Å²) >= 11 is 0. The van der Waals surface area contributed by atoms with Crippen LogP contribution in [0.25, 0.3) is 6.08 Å². The van der Waals surface area contributed by atoms with Crippen molar-refractivity contribution in [3.05, 3.63) is 60.1 Å². The number of carbonyl (C=O) groups excluding carboxylic acids is 1. The molecular formula is C20H26N2O4S. The van der Waals surface area contributed by atoms with E-state index in [1.54, 1.807) is 30.3 Å². The van der Waals surface area contributed by atoms with E-state index in [1.165, 1.54) is 24.5 Å². The molecule has 2 aromatic rings. The first kappa shape index (κ1) is 20.9. The number of hydrogen-bond donors (Lipinski definition) is 2. The SMILES string of the molecule is CCC(CC)CNC(=O)/C=C/c1ccc(S(=O)(=O)NCc2ccco2)cc1. The summed E-state index contributed by atoms with van der Waals surface area (Å²) in [4.78, 5) is 12.0. The summed E-state index contributed by atoms with van der Waals surface area (Å²) < 4.78 is 32.1. The summed E-state index contributed by atoms with van der Waals surface area (Å²) in [6.07, 6.45) is 6.68. The second-order valence-electron chi connectivity index (χ2n) is 6.23. The molecule has 1 aromatic carbocycles. The molecular weight excluding hydrogens is 364 g/mol. The first-order valence-electron chi connectivity index (χ1n) is 9.02. The fraction of sp³-hybridized carbons (Fsp3) is 0.350. The lowest BCUT2D eigenvalue weighted by atomic mass is 10.0. The van der Waals surface area contributed by atoms with Gasteiger partial charge in [0.1, 0.15) is 5.76 Å². The van der Waals surface area contributed by atoms with Crippen LogP contribution in [0.2, 0.25) is 0 Å². The average Bonchev–Trinajstić information content (AvgIpc) is 3.20. The number of nitrogens with one attached hydrogen (secondary N) is 2. The lowest BCUT2D eigenvalue weighted by Gasteiger charge is -2.11. The Labute approximate surface area is 160 Å². The van der Waals surface area contributed by atoms with Gasteiger partial charge in [0.05, 0.1) is 17.7 Å². The first-order valence-corrected chi connectivity index (χ1v) is 10.5. The van der Waals surface area contributed by atoms with Crippen molar-refractivity contribution in [2.75, 3.05) is 6.54 Å². The molecule has 146 valence electrons. The lowest BCUT2D eigenvalue weighted by molar-refractivity contribution is -0.116. The quantitative estimate of drug-likeness (QED) is 0.609. The smallest absolute Gasteiger partial charge is 0.244 e. The van der Waals surface area contributed by atoms with Gasteiger partial charge in [0.15, 0.2) is 0 Å². The largest absolute Gasteiger partial charge is 0.468 e. The van der Waals surface area contributed by atoms with Crippen molar-refractivity contribution in [3.8, 4) is 0 Å². The van der Waals surface area contributed by atoms with Gasteiger partial charge in [-0.1, -0.05) is 38.8 Å². The maximum Gasteiger partial charge on any atom is 0.244 e. The summed E-state index contributed by atoms with van der Waals surface area (Å²) in [5.74, 6) is 0.872. The van der Waals surface area contributed by atoms with Gasteiger partial charge < -0.3 is 9.73 Å². The van der Waals surface area contributed by atoms with Crippen molar-refractivity contribution < 1.29 is 17.6 Å². The van der Waals surface area contributed by atoms with Crippen molar-refractivity contribution in [1.29, 1.82) is 0 Å². The third kappa shape index (κ3) is 6.69. The molecule has 6 nitrogen and oxygen atoms in total. The number of benzene rings is 1. The molecule has 0 fully saturated rings. The van der Waals surface area contributed by atoms with Crippen molar-refractivity contribution in [2.24, 2.45) is 5.92 Å². The molecule has 1 amide bonds. The zero-order chi connectivity index (χ0) is 19.7. The predicted octanol–water partition coefficient (Wildman–Crippen LogP) is 3.32. The van der Waals surface area contributed by atoms with E-state index in [-0.39, 0.29) is 17.3 Å². The van der Waals surface area contributed by atoms with E-state index < -0.39 is 10.0 Å². The Morgan fingerprint density at radius 3 is 2.44 bits per heavy atom. The number of furan rings is 1. The molecule has 7 heteroatoms. The Morgan fingerprint density at radius 2 is 1.85 bits per heavy atom. The van der Waals surface area contributed by atoms with Crippen LogP contribution in [-0.4, -0.2) is 20.9 Å². The molecule has 1 heterocycles. The minimum absolute atomic E-state index is 0.0909. The summed E-state index contributed by atoms with van der Waals surface area (Å²) in [6, 6.07) is 9.73. The highest BCUT2D eigenvalue weighted by Crippen LogP contribution is 2.13. The summed E-state index contributed by atoms with van der Waals surface area (Å²) in [6.45, 7) is 4.97. The average molecular weight is 391 g/mol. The molecule has 0 unspecified atom stereocenters. The van der Waals surface area contributed by atoms with Gasteiger partial charge in [-0.05, 0) is 41.8 Å². The van der Waals surface area contributed by atoms with Gasteiger partial charge in [-0.2, -0.15) is 0 Å². The monoisotopic (exact) mass is 390 g/mol. The fourth-order valence-electron chi connectivity index (χ4n) is 2.47. The Balaban J connectivity index is 1.91. The van der Waals surface area contributed by atoms with E-state index in [0.29, 0.717) is 18.2 Å². The van der Waals surface area contributed by atoms with Gasteiger partial charge in [-0.25, -0.2) is 13.1 Å². The van der Waals surface area contributed by atoms with Crippen LogP contribution in [0.4, 0.5) is 0 Å². The standard InChI is InChI=1S/C20H26N2O4S/c1-3-16(4-2)14-21-20(23)12-9-17-7-10-19(11-8-17)27(24,25)22-15-18-6-5-13-26-18/h5-13,16,22H,3-4,14-15H2,1-2H3,(H,21,23)/b12-9+. The van der Waals surface area contributed by atoms with Gasteiger partial charge in [0.2, 0.25) is 15.9 Å². The molecule has 2 N–H and O–H groups in total. The van der Waals surface area contributed by atoms with Gasteiger partial charge >= 0.3 is 0 Å². The third-order valence-corrected chi connectivity index (χ3v) is 5.77. The number of carbonyl (C=O) groups is 1. The van der Waals surface area contributed by atoms with Crippen molar-refractivity contribution in [1.82, 2.24) is 10.0 Å². The Kier molecular flexibility index (Phi) is 7.82. The molecule has 0 radical (unpaired) electrons. The number of sulfonamides is 1. The molecule has 0 aliphatic heterocycles. The van der Waals surface area contributed by atoms with Gasteiger partial charge in [-0.3, -0.25) is 4.79 Å². The number of amides is 1. The topological polar surface area (TPSA) is 88.4 Å². The third-order valence-electron chi connectivity index (χ3n) is 4.35. The van der Waals surface area contributed by atoms with Crippen LogP contribution in [0.1, 0.15) is 38.0 Å². The van der Waals surface area contributed by atoms with E-state index in [4.69, 9.17) is 4.42 Å². The van der Waals surface area contributed by atoms with E-state index in [2.05, 4.69) is 23.9 Å². The molecule has 1 aromatic heterocycles. The molecule has 0 aliphatic rings. The van der Waals surface area contributed by atoms with E-state index in [0.717, 1.165) is 18.4 Å². The zero-order valence-corrected chi connectivity index (χ0v) is 16.5. The van der Waals surface area contributed by atoms with Crippen LogP contribution in [-0.2, 0) is 21.4 Å². The van der Waals surface area contributed by atoms with E-state index >= 15 is 0 Å². The molecule has 0 saturated carbocycles. The van der Waals surface area contributed by atoms with Crippen molar-refractivity contribution in [3.63, 3.8) is 0 Å². The highest BCUT2D eigenvalue weighted by Gasteiger charge is 2.14. The normalized spacial score (nSPS) is 12.0. The Morgan fingerprint density at radius 1 is 1.15 bits per heavy atom. The van der Waals surface area contributed by atoms with Crippen LogP contribution in [0.3, 0.4) is 0 Å². The summed E-state index contributed by atoms with van der Waals surface area (Å²) in [7, 11) is -3.62. The molecule has 0 atom stereocenters. The number of rotatable bonds is 10. The zero-order valence-electron chi connectivity index (χ0n) is 15.6. The predicted molar refractivity (Wildman–Crippen MR) is 105 cm³/mol. The maximum atomic E-state index is 12.3. The molecule has 27 heavy (non-hydrogen) atoms. The minimum atomic E-state index is -3.62. The van der Waals surface area contributed by atoms with Crippen LogP contribution < -0.4 is 10.0 Å². The first-order chi connectivity index (χ1) is 12.9. The van der Waals surface area contributed by atoms with Crippen LogP contribution in [0.15, 0.2) is 58.1 Å². The van der Waals surface area contributed by atoms with Crippen LogP contribution >= 0.6 is 0 Å². The van der Waals surface area contributed by atoms with Crippen LogP contribution in [0.5, 0.6) is 0 Å². The maximum absolute atomic E-state index is 12.3. The lowest BCUT2D eigenvalue weighted by Crippen LogP contribution is -2.27. The Hall–Kier alpha value is -2.38. The van der Waals surface area contributed by atoms with Crippen molar-refractivity contribution >= 4 is 22.0 Å². The fourth-order valence-corrected chi connectivity index (χ4v) is 3.47. The van der Waals surface area contributed by atoms with Gasteiger partial charge in [0.25, 0.3) is 0 Å². The van der Waals surface area contributed by atoms with E-state index in [1.807, 2.05) is 0 Å². The Bertz CT molecular complexity index is 837. The molecule has 2 rings (SSSR count).